The summed E-state index contributed by atoms with van der Waals surface area (Å²) >= 11 is 11.3. The van der Waals surface area contributed by atoms with E-state index >= 15 is 0 Å². The van der Waals surface area contributed by atoms with Crippen molar-refractivity contribution in [2.45, 2.75) is 13.5 Å². The predicted octanol–water partition coefficient (Wildman–Crippen LogP) is 4.70. The number of nitrogens with zero attached hydrogens (tertiary/aromatic N) is 2. The van der Waals surface area contributed by atoms with Crippen LogP contribution in [0.5, 0.6) is 0 Å². The first-order valence-electron chi connectivity index (χ1n) is 7.50. The highest BCUT2D eigenvalue weighted by molar-refractivity contribution is 7.80. The van der Waals surface area contributed by atoms with Crippen LogP contribution in [0.1, 0.15) is 11.1 Å². The van der Waals surface area contributed by atoms with Crippen LogP contribution in [0, 0.1) is 6.92 Å². The van der Waals surface area contributed by atoms with Crippen molar-refractivity contribution in [2.75, 3.05) is 10.6 Å². The van der Waals surface area contributed by atoms with Crippen LogP contribution in [0.2, 0.25) is 5.02 Å². The number of hydrogen-bond acceptors (Lipinski definition) is 2. The molecule has 0 spiro atoms. The molecule has 0 saturated heterocycles. The van der Waals surface area contributed by atoms with Gasteiger partial charge in [0.05, 0.1) is 17.8 Å². The molecule has 0 unspecified atom stereocenters. The highest BCUT2D eigenvalue weighted by Gasteiger charge is 2.02. The van der Waals surface area contributed by atoms with Crippen molar-refractivity contribution < 1.29 is 0 Å². The van der Waals surface area contributed by atoms with E-state index in [1.807, 2.05) is 55.5 Å². The van der Waals surface area contributed by atoms with Gasteiger partial charge in [-0.2, -0.15) is 5.10 Å². The predicted molar refractivity (Wildman–Crippen MR) is 104 cm³/mol. The molecule has 0 saturated carbocycles. The van der Waals surface area contributed by atoms with Crippen LogP contribution in [0.15, 0.2) is 60.9 Å². The molecule has 0 bridgehead atoms. The average molecular weight is 357 g/mol. The molecule has 6 heteroatoms. The lowest BCUT2D eigenvalue weighted by Crippen LogP contribution is -2.19. The number of halogens is 1. The number of aryl methyl sites for hydroxylation is 1. The number of hydrogen-bond donors (Lipinski definition) is 2. The van der Waals surface area contributed by atoms with E-state index in [0.29, 0.717) is 16.7 Å². The van der Waals surface area contributed by atoms with E-state index in [-0.39, 0.29) is 0 Å². The molecule has 3 rings (SSSR count). The number of thiocarbonyl (C=S) groups is 1. The molecule has 0 radical (unpaired) electrons. The van der Waals surface area contributed by atoms with Gasteiger partial charge in [-0.1, -0.05) is 35.9 Å². The zero-order valence-electron chi connectivity index (χ0n) is 13.2. The summed E-state index contributed by atoms with van der Waals surface area (Å²) in [6, 6.07) is 16.1. The summed E-state index contributed by atoms with van der Waals surface area (Å²) in [5.74, 6) is 0. The second kappa shape index (κ2) is 7.47. The Morgan fingerprint density at radius 3 is 2.50 bits per heavy atom. The third kappa shape index (κ3) is 4.57. The molecule has 0 fully saturated rings. The van der Waals surface area contributed by atoms with Crippen molar-refractivity contribution in [3.63, 3.8) is 0 Å². The first kappa shape index (κ1) is 16.5. The van der Waals surface area contributed by atoms with E-state index in [2.05, 4.69) is 15.7 Å². The molecule has 0 aliphatic rings. The maximum absolute atomic E-state index is 5.89. The maximum atomic E-state index is 5.89. The lowest BCUT2D eigenvalue weighted by atomic mass is 10.2. The Kier molecular flexibility index (Phi) is 5.13. The smallest absolute Gasteiger partial charge is 0.175 e. The van der Waals surface area contributed by atoms with Crippen LogP contribution in [0.25, 0.3) is 0 Å². The molecule has 3 aromatic rings. The fraction of sp³-hybridized carbons (Fsp3) is 0.111. The zero-order valence-corrected chi connectivity index (χ0v) is 14.7. The van der Waals surface area contributed by atoms with Crippen LogP contribution in [0.3, 0.4) is 0 Å². The summed E-state index contributed by atoms with van der Waals surface area (Å²) in [4.78, 5) is 0. The van der Waals surface area contributed by atoms with E-state index in [0.717, 1.165) is 16.9 Å². The van der Waals surface area contributed by atoms with Gasteiger partial charge in [0, 0.05) is 17.6 Å². The van der Waals surface area contributed by atoms with Crippen molar-refractivity contribution in [1.29, 1.82) is 0 Å². The molecule has 2 N–H and O–H groups in total. The summed E-state index contributed by atoms with van der Waals surface area (Å²) in [5.41, 5.74) is 4.19. The Balaban J connectivity index is 1.64. The van der Waals surface area contributed by atoms with Crippen molar-refractivity contribution in [3.8, 4) is 0 Å². The largest absolute Gasteiger partial charge is 0.332 e. The molecule has 2 aromatic carbocycles. The first-order chi connectivity index (χ1) is 11.6. The molecule has 1 heterocycles. The molecule has 0 amide bonds. The van der Waals surface area contributed by atoms with E-state index in [9.17, 15) is 0 Å². The van der Waals surface area contributed by atoms with E-state index < -0.39 is 0 Å². The summed E-state index contributed by atoms with van der Waals surface area (Å²) in [5, 5.41) is 11.8. The Bertz CT molecular complexity index is 859. The van der Waals surface area contributed by atoms with Gasteiger partial charge in [-0.15, -0.1) is 0 Å². The minimum atomic E-state index is 0.555. The Morgan fingerprint density at radius 1 is 1.12 bits per heavy atom. The fourth-order valence-electron chi connectivity index (χ4n) is 2.38. The molecule has 4 nitrogen and oxygen atoms in total. The fourth-order valence-corrected chi connectivity index (χ4v) is 2.77. The molecule has 1 aromatic heterocycles. The summed E-state index contributed by atoms with van der Waals surface area (Å²) in [6.07, 6.45) is 3.43. The standard InChI is InChI=1S/C18H17ClN4S/c1-13-4-2-6-16(8-13)21-18(24)22-17-7-3-5-14(9-17)11-23-12-15(19)10-20-23/h2-10,12H,11H2,1H3,(H2,21,22,24). The van der Waals surface area contributed by atoms with Gasteiger partial charge in [0.15, 0.2) is 5.11 Å². The van der Waals surface area contributed by atoms with E-state index in [4.69, 9.17) is 23.8 Å². The van der Waals surface area contributed by atoms with E-state index in [1.54, 1.807) is 17.1 Å². The number of rotatable bonds is 4. The van der Waals surface area contributed by atoms with Crippen LogP contribution in [-0.2, 0) is 6.54 Å². The molecular weight excluding hydrogens is 340 g/mol. The molecule has 122 valence electrons. The minimum absolute atomic E-state index is 0.555. The summed E-state index contributed by atoms with van der Waals surface area (Å²) in [6.45, 7) is 2.70. The minimum Gasteiger partial charge on any atom is -0.332 e. The van der Waals surface area contributed by atoms with Gasteiger partial charge >= 0.3 is 0 Å². The Morgan fingerprint density at radius 2 is 1.83 bits per heavy atom. The topological polar surface area (TPSA) is 41.9 Å². The maximum Gasteiger partial charge on any atom is 0.175 e. The molecule has 24 heavy (non-hydrogen) atoms. The lowest BCUT2D eigenvalue weighted by Gasteiger charge is -2.12. The second-order valence-electron chi connectivity index (χ2n) is 5.51. The highest BCUT2D eigenvalue weighted by Crippen LogP contribution is 2.15. The summed E-state index contributed by atoms with van der Waals surface area (Å²) < 4.78 is 1.80. The Labute approximate surface area is 151 Å². The van der Waals surface area contributed by atoms with Crippen LogP contribution >= 0.6 is 23.8 Å². The van der Waals surface area contributed by atoms with Crippen LogP contribution in [-0.4, -0.2) is 14.9 Å². The first-order valence-corrected chi connectivity index (χ1v) is 8.29. The number of anilines is 2. The molecule has 0 aliphatic heterocycles. The monoisotopic (exact) mass is 356 g/mol. The quantitative estimate of drug-likeness (QED) is 0.665. The van der Waals surface area contributed by atoms with Gasteiger partial charge in [-0.3, -0.25) is 4.68 Å². The Hall–Kier alpha value is -2.37. The number of nitrogens with one attached hydrogen (secondary N) is 2. The van der Waals surface area contributed by atoms with Gasteiger partial charge in [0.2, 0.25) is 0 Å². The lowest BCUT2D eigenvalue weighted by molar-refractivity contribution is 0.687. The average Bonchev–Trinajstić information content (AvgIpc) is 2.92. The van der Waals surface area contributed by atoms with Gasteiger partial charge in [-0.05, 0) is 54.5 Å². The van der Waals surface area contributed by atoms with Gasteiger partial charge in [-0.25, -0.2) is 0 Å². The van der Waals surface area contributed by atoms with Gasteiger partial charge in [0.1, 0.15) is 0 Å². The van der Waals surface area contributed by atoms with Crippen molar-refractivity contribution >= 4 is 40.3 Å². The van der Waals surface area contributed by atoms with E-state index in [1.165, 1.54) is 5.56 Å². The van der Waals surface area contributed by atoms with Crippen molar-refractivity contribution in [2.24, 2.45) is 0 Å². The van der Waals surface area contributed by atoms with Crippen molar-refractivity contribution in [1.82, 2.24) is 9.78 Å². The van der Waals surface area contributed by atoms with Crippen LogP contribution < -0.4 is 10.6 Å². The molecule has 0 aliphatic carbocycles. The second-order valence-corrected chi connectivity index (χ2v) is 6.35. The zero-order chi connectivity index (χ0) is 16.9. The number of benzene rings is 2. The summed E-state index contributed by atoms with van der Waals surface area (Å²) in [7, 11) is 0. The van der Waals surface area contributed by atoms with Crippen molar-refractivity contribution in [3.05, 3.63) is 77.1 Å². The molecular formula is C18H17ClN4S. The van der Waals surface area contributed by atoms with Gasteiger partial charge in [0.25, 0.3) is 0 Å². The van der Waals surface area contributed by atoms with Crippen LogP contribution in [0.4, 0.5) is 11.4 Å². The SMILES string of the molecule is Cc1cccc(NC(=S)Nc2cccc(Cn3cc(Cl)cn3)c2)c1. The normalized spacial score (nSPS) is 10.4. The highest BCUT2D eigenvalue weighted by atomic mass is 35.5. The number of aromatic nitrogens is 2. The molecule has 0 atom stereocenters. The third-order valence-electron chi connectivity index (χ3n) is 3.41. The van der Waals surface area contributed by atoms with Gasteiger partial charge < -0.3 is 10.6 Å². The third-order valence-corrected chi connectivity index (χ3v) is 3.81.